The number of halogens is 3. The summed E-state index contributed by atoms with van der Waals surface area (Å²) in [5, 5.41) is 10.3. The zero-order valence-corrected chi connectivity index (χ0v) is 33.9. The van der Waals surface area contributed by atoms with Gasteiger partial charge in [0.1, 0.15) is 28.5 Å². The summed E-state index contributed by atoms with van der Waals surface area (Å²) in [6.45, 7) is 10.3. The number of imide groups is 1. The molecule has 5 amide bonds. The van der Waals surface area contributed by atoms with Crippen LogP contribution in [0.15, 0.2) is 54.9 Å². The largest absolute Gasteiger partial charge is 0.489 e. The Morgan fingerprint density at radius 1 is 1.00 bits per heavy atom. The fourth-order valence-corrected chi connectivity index (χ4v) is 7.75. The maximum absolute atomic E-state index is 13.5. The van der Waals surface area contributed by atoms with Gasteiger partial charge < -0.3 is 24.3 Å². The number of nitrogens with one attached hydrogen (secondary N) is 2. The number of amides is 5. The first-order valence-corrected chi connectivity index (χ1v) is 20.0. The van der Waals surface area contributed by atoms with Crippen molar-refractivity contribution in [3.63, 3.8) is 0 Å². The number of aryl methyl sites for hydroxylation is 1. The van der Waals surface area contributed by atoms with Crippen molar-refractivity contribution in [1.82, 2.24) is 39.3 Å². The molecule has 0 aliphatic carbocycles. The predicted molar refractivity (Wildman–Crippen MR) is 218 cm³/mol. The van der Waals surface area contributed by atoms with Crippen LogP contribution in [0.1, 0.15) is 67.8 Å². The number of hydrogen-bond acceptors (Lipinski definition) is 10. The zero-order valence-electron chi connectivity index (χ0n) is 33.9. The molecular weight excluding hydrogens is 784 g/mol. The molecule has 0 unspecified atom stereocenters. The molecular formula is C41H48F3N11O5. The van der Waals surface area contributed by atoms with Crippen LogP contribution >= 0.6 is 0 Å². The van der Waals surface area contributed by atoms with Crippen molar-refractivity contribution in [1.29, 1.82) is 0 Å². The fourth-order valence-electron chi connectivity index (χ4n) is 7.75. The van der Waals surface area contributed by atoms with Crippen LogP contribution in [-0.4, -0.2) is 117 Å². The number of anilines is 3. The monoisotopic (exact) mass is 831 g/mol. The van der Waals surface area contributed by atoms with E-state index < -0.39 is 23.8 Å². The van der Waals surface area contributed by atoms with Crippen LogP contribution in [-0.2, 0) is 22.8 Å². The van der Waals surface area contributed by atoms with Gasteiger partial charge in [-0.1, -0.05) is 13.0 Å². The molecule has 6 heterocycles. The number of piperazine rings is 1. The van der Waals surface area contributed by atoms with Crippen LogP contribution in [0.5, 0.6) is 5.75 Å². The molecule has 19 heteroatoms. The van der Waals surface area contributed by atoms with Crippen molar-refractivity contribution in [2.24, 2.45) is 7.05 Å². The van der Waals surface area contributed by atoms with E-state index in [1.54, 1.807) is 21.3 Å². The van der Waals surface area contributed by atoms with Crippen LogP contribution in [0, 0.1) is 0 Å². The summed E-state index contributed by atoms with van der Waals surface area (Å²) in [6, 6.07) is 10.3. The first-order chi connectivity index (χ1) is 28.7. The lowest BCUT2D eigenvalue weighted by Gasteiger charge is -2.38. The number of fused-ring (bicyclic) bond motifs is 2. The van der Waals surface area contributed by atoms with E-state index in [9.17, 15) is 32.3 Å². The maximum Gasteiger partial charge on any atom is 0.433 e. The van der Waals surface area contributed by atoms with Crippen molar-refractivity contribution in [3.8, 4) is 5.75 Å². The maximum atomic E-state index is 13.5. The average molecular weight is 832 g/mol. The molecule has 2 aliphatic heterocycles. The number of rotatable bonds is 12. The van der Waals surface area contributed by atoms with Crippen LogP contribution in [0.4, 0.5) is 35.2 Å². The number of pyridine rings is 2. The minimum atomic E-state index is -4.69. The Morgan fingerprint density at radius 2 is 1.75 bits per heavy atom. The minimum absolute atomic E-state index is 0.0877. The van der Waals surface area contributed by atoms with E-state index in [-0.39, 0.29) is 29.3 Å². The van der Waals surface area contributed by atoms with Gasteiger partial charge in [0.25, 0.3) is 5.91 Å². The van der Waals surface area contributed by atoms with Crippen molar-refractivity contribution in [3.05, 3.63) is 71.9 Å². The summed E-state index contributed by atoms with van der Waals surface area (Å²) in [6.07, 6.45) is 1.22. The zero-order chi connectivity index (χ0) is 42.7. The Kier molecular flexibility index (Phi) is 12.3. The van der Waals surface area contributed by atoms with Crippen LogP contribution in [0.25, 0.3) is 16.6 Å². The Balaban J connectivity index is 0.939. The smallest absolute Gasteiger partial charge is 0.433 e. The molecule has 1 aromatic carbocycles. The van der Waals surface area contributed by atoms with E-state index in [1.807, 2.05) is 57.1 Å². The standard InChI is InChI=1S/C41H48F3N11O5/c1-5-13-55(40(59)45-25-56)38-29-10-9-28(20-33(29)50(4)49-38)52-16-18-53(19-17-52)37(57)24-51-14-11-27(12-15-51)31-22-54-23-32(34(60-26(2)3)21-36(54)47-31)48-39(58)30-7-6-8-35(46-30)41(42,43)44/h6-10,20-23,25-27H,5,11-19,24H2,1-4H3,(H,48,58)(H,45,56,59). The number of carbonyl (C=O) groups is 4. The number of benzene rings is 1. The summed E-state index contributed by atoms with van der Waals surface area (Å²) in [4.78, 5) is 66.2. The number of hydrogen-bond donors (Lipinski definition) is 2. The molecule has 2 fully saturated rings. The SMILES string of the molecule is CCCN(C(=O)NC=O)c1nn(C)c2cc(N3CCN(C(=O)CN4CCC(c5cn6cc(NC(=O)c7cccc(C(F)(F)F)n7)c(OC(C)C)cc6n5)CC4)CC3)ccc12. The molecule has 16 nitrogen and oxygen atoms in total. The third kappa shape index (κ3) is 9.15. The van der Waals surface area contributed by atoms with E-state index in [2.05, 4.69) is 30.5 Å². The highest BCUT2D eigenvalue weighted by atomic mass is 19.4. The highest BCUT2D eigenvalue weighted by Crippen LogP contribution is 2.34. The van der Waals surface area contributed by atoms with E-state index in [0.29, 0.717) is 69.3 Å². The van der Waals surface area contributed by atoms with Gasteiger partial charge in [-0.25, -0.2) is 14.8 Å². The fraction of sp³-hybridized carbons (Fsp3) is 0.439. The van der Waals surface area contributed by atoms with Crippen molar-refractivity contribution < 1.29 is 37.1 Å². The van der Waals surface area contributed by atoms with Crippen molar-refractivity contribution in [2.75, 3.05) is 67.5 Å². The minimum Gasteiger partial charge on any atom is -0.489 e. The van der Waals surface area contributed by atoms with E-state index >= 15 is 0 Å². The first-order valence-electron chi connectivity index (χ1n) is 20.0. The molecule has 7 rings (SSSR count). The van der Waals surface area contributed by atoms with Gasteiger partial charge in [0.05, 0.1) is 23.9 Å². The second-order valence-electron chi connectivity index (χ2n) is 15.3. The van der Waals surface area contributed by atoms with Crippen LogP contribution in [0.2, 0.25) is 0 Å². The van der Waals surface area contributed by atoms with Gasteiger partial charge in [-0.2, -0.15) is 18.3 Å². The third-order valence-corrected chi connectivity index (χ3v) is 10.8. The van der Waals surface area contributed by atoms with Gasteiger partial charge in [-0.05, 0) is 76.5 Å². The molecule has 318 valence electrons. The third-order valence-electron chi connectivity index (χ3n) is 10.8. The van der Waals surface area contributed by atoms with Crippen LogP contribution < -0.4 is 25.2 Å². The number of carbonyl (C=O) groups excluding carboxylic acids is 4. The molecule has 2 saturated heterocycles. The molecule has 5 aromatic rings. The molecule has 60 heavy (non-hydrogen) atoms. The molecule has 0 bridgehead atoms. The Morgan fingerprint density at radius 3 is 2.43 bits per heavy atom. The Labute approximate surface area is 344 Å². The topological polar surface area (TPSA) is 163 Å². The van der Waals surface area contributed by atoms with Crippen molar-refractivity contribution in [2.45, 2.75) is 58.2 Å². The number of aromatic nitrogens is 5. The summed E-state index contributed by atoms with van der Waals surface area (Å²) in [7, 11) is 1.82. The first kappa shape index (κ1) is 41.9. The van der Waals surface area contributed by atoms with Gasteiger partial charge in [-0.15, -0.1) is 0 Å². The lowest BCUT2D eigenvalue weighted by molar-refractivity contribution is -0.141. The number of nitrogens with zero attached hydrogens (tertiary/aromatic N) is 9. The number of likely N-dealkylation sites (tertiary alicyclic amines) is 1. The predicted octanol–water partition coefficient (Wildman–Crippen LogP) is 5.28. The number of urea groups is 1. The molecule has 0 atom stereocenters. The second-order valence-corrected chi connectivity index (χ2v) is 15.3. The normalized spacial score (nSPS) is 15.5. The Bertz CT molecular complexity index is 2380. The highest BCUT2D eigenvalue weighted by Gasteiger charge is 2.33. The number of ether oxygens (including phenoxy) is 1. The molecule has 2 aliphatic rings. The highest BCUT2D eigenvalue weighted by molar-refractivity contribution is 6.04. The van der Waals surface area contributed by atoms with Gasteiger partial charge >= 0.3 is 12.2 Å². The quantitative estimate of drug-likeness (QED) is 0.158. The lowest BCUT2D eigenvalue weighted by Crippen LogP contribution is -2.51. The van der Waals surface area contributed by atoms with E-state index in [4.69, 9.17) is 9.72 Å². The van der Waals surface area contributed by atoms with Gasteiger partial charge in [0.15, 0.2) is 5.82 Å². The molecule has 0 radical (unpaired) electrons. The number of imidazole rings is 1. The summed E-state index contributed by atoms with van der Waals surface area (Å²) in [5.74, 6) is 0.228. The summed E-state index contributed by atoms with van der Waals surface area (Å²) >= 11 is 0. The molecule has 0 spiro atoms. The van der Waals surface area contributed by atoms with E-state index in [0.717, 1.165) is 60.3 Å². The van der Waals surface area contributed by atoms with Gasteiger partial charge in [0, 0.05) is 75.2 Å². The van der Waals surface area contributed by atoms with E-state index in [1.165, 1.54) is 11.0 Å². The average Bonchev–Trinajstić information content (AvgIpc) is 3.79. The molecule has 0 saturated carbocycles. The number of alkyl halides is 3. The molecule has 2 N–H and O–H groups in total. The van der Waals surface area contributed by atoms with Gasteiger partial charge in [-0.3, -0.25) is 34.2 Å². The Hall–Kier alpha value is -6.24. The van der Waals surface area contributed by atoms with Crippen molar-refractivity contribution >= 4 is 58.0 Å². The van der Waals surface area contributed by atoms with Crippen LogP contribution in [0.3, 0.4) is 0 Å². The molecule has 4 aromatic heterocycles. The summed E-state index contributed by atoms with van der Waals surface area (Å²) < 4.78 is 49.2. The lowest BCUT2D eigenvalue weighted by atomic mass is 9.94. The summed E-state index contributed by atoms with van der Waals surface area (Å²) in [5.41, 5.74) is 2.02. The second kappa shape index (κ2) is 17.5. The van der Waals surface area contributed by atoms with Gasteiger partial charge in [0.2, 0.25) is 12.3 Å². The number of piperidine rings is 1.